The van der Waals surface area contributed by atoms with Crippen LogP contribution in [0, 0.1) is 0 Å². The first-order chi connectivity index (χ1) is 8.13. The Morgan fingerprint density at radius 3 is 2.65 bits per heavy atom. The molecule has 1 heterocycles. The second-order valence-corrected chi connectivity index (χ2v) is 6.76. The molecule has 1 saturated heterocycles. The summed E-state index contributed by atoms with van der Waals surface area (Å²) < 4.78 is 1.13. The summed E-state index contributed by atoms with van der Waals surface area (Å²) in [5, 5.41) is 0.764. The lowest BCUT2D eigenvalue weighted by Gasteiger charge is -2.38. The van der Waals surface area contributed by atoms with E-state index in [0.29, 0.717) is 5.25 Å². The zero-order valence-corrected chi connectivity index (χ0v) is 12.3. The molecule has 2 rings (SSSR count). The third-order valence-electron chi connectivity index (χ3n) is 2.89. The van der Waals surface area contributed by atoms with Crippen LogP contribution in [0.3, 0.4) is 0 Å². The zero-order valence-electron chi connectivity index (χ0n) is 9.86. The number of hydrogen-bond acceptors (Lipinski definition) is 3. The van der Waals surface area contributed by atoms with Gasteiger partial charge in [0, 0.05) is 36.3 Å². The first-order valence-electron chi connectivity index (χ1n) is 5.77. The van der Waals surface area contributed by atoms with Gasteiger partial charge < -0.3 is 4.90 Å². The minimum atomic E-state index is 0.238. The fraction of sp³-hybridized carbons (Fsp3) is 0.462. The van der Waals surface area contributed by atoms with Crippen LogP contribution in [0.4, 0.5) is 0 Å². The summed E-state index contributed by atoms with van der Waals surface area (Å²) in [6, 6.07) is 8.48. The van der Waals surface area contributed by atoms with Gasteiger partial charge >= 0.3 is 0 Å². The SMILES string of the molecule is CC(=O)SC1CN(CCc2ccc(Br)cc2)C1. The van der Waals surface area contributed by atoms with Crippen molar-refractivity contribution in [3.63, 3.8) is 0 Å². The molecule has 0 saturated carbocycles. The van der Waals surface area contributed by atoms with Gasteiger partial charge in [0.25, 0.3) is 0 Å². The number of likely N-dealkylation sites (tertiary alicyclic amines) is 1. The lowest BCUT2D eigenvalue weighted by atomic mass is 10.1. The highest BCUT2D eigenvalue weighted by Crippen LogP contribution is 2.23. The maximum absolute atomic E-state index is 10.9. The maximum atomic E-state index is 10.9. The van der Waals surface area contributed by atoms with E-state index in [1.54, 1.807) is 6.92 Å². The Kier molecular flexibility index (Phi) is 4.65. The summed E-state index contributed by atoms with van der Waals surface area (Å²) in [7, 11) is 0. The Morgan fingerprint density at radius 2 is 2.06 bits per heavy atom. The minimum Gasteiger partial charge on any atom is -0.301 e. The van der Waals surface area contributed by atoms with Crippen LogP contribution in [0.15, 0.2) is 28.7 Å². The van der Waals surface area contributed by atoms with Gasteiger partial charge in [-0.25, -0.2) is 0 Å². The van der Waals surface area contributed by atoms with Gasteiger partial charge in [-0.05, 0) is 24.1 Å². The molecule has 1 aliphatic heterocycles. The van der Waals surface area contributed by atoms with Gasteiger partial charge in [0.2, 0.25) is 0 Å². The van der Waals surface area contributed by atoms with Crippen molar-refractivity contribution in [2.45, 2.75) is 18.6 Å². The van der Waals surface area contributed by atoms with E-state index in [4.69, 9.17) is 0 Å². The number of thioether (sulfide) groups is 1. The highest BCUT2D eigenvalue weighted by Gasteiger charge is 2.27. The Morgan fingerprint density at radius 1 is 1.41 bits per heavy atom. The predicted molar refractivity (Wildman–Crippen MR) is 76.3 cm³/mol. The fourth-order valence-electron chi connectivity index (χ4n) is 1.95. The average molecular weight is 314 g/mol. The summed E-state index contributed by atoms with van der Waals surface area (Å²) >= 11 is 4.92. The smallest absolute Gasteiger partial charge is 0.186 e. The maximum Gasteiger partial charge on any atom is 0.186 e. The topological polar surface area (TPSA) is 20.3 Å². The Labute approximate surface area is 115 Å². The van der Waals surface area contributed by atoms with E-state index in [1.807, 2.05) is 0 Å². The summed E-state index contributed by atoms with van der Waals surface area (Å²) in [6.07, 6.45) is 1.09. The highest BCUT2D eigenvalue weighted by molar-refractivity contribution is 9.10. The van der Waals surface area contributed by atoms with E-state index in [9.17, 15) is 4.79 Å². The van der Waals surface area contributed by atoms with Crippen LogP contribution < -0.4 is 0 Å². The van der Waals surface area contributed by atoms with Gasteiger partial charge in [-0.2, -0.15) is 0 Å². The number of nitrogens with zero attached hydrogens (tertiary/aromatic N) is 1. The number of benzene rings is 1. The largest absolute Gasteiger partial charge is 0.301 e. The Hall–Kier alpha value is -0.320. The average Bonchev–Trinajstić information content (AvgIpc) is 2.23. The lowest BCUT2D eigenvalue weighted by Crippen LogP contribution is -2.49. The molecule has 0 atom stereocenters. The van der Waals surface area contributed by atoms with Crippen LogP contribution in [-0.2, 0) is 11.2 Å². The van der Waals surface area contributed by atoms with Gasteiger partial charge in [0.1, 0.15) is 0 Å². The molecule has 0 aromatic heterocycles. The Balaban J connectivity index is 1.67. The molecule has 0 spiro atoms. The van der Waals surface area contributed by atoms with Crippen LogP contribution in [0.2, 0.25) is 0 Å². The van der Waals surface area contributed by atoms with Crippen molar-refractivity contribution in [3.05, 3.63) is 34.3 Å². The zero-order chi connectivity index (χ0) is 12.3. The van der Waals surface area contributed by atoms with Crippen molar-refractivity contribution in [1.29, 1.82) is 0 Å². The molecule has 0 amide bonds. The second kappa shape index (κ2) is 6.03. The molecular formula is C13H16BrNOS. The van der Waals surface area contributed by atoms with Crippen molar-refractivity contribution in [1.82, 2.24) is 4.90 Å². The second-order valence-electron chi connectivity index (χ2n) is 4.37. The van der Waals surface area contributed by atoms with E-state index >= 15 is 0 Å². The lowest BCUT2D eigenvalue weighted by molar-refractivity contribution is -0.109. The summed E-state index contributed by atoms with van der Waals surface area (Å²) in [5.74, 6) is 0. The van der Waals surface area contributed by atoms with Crippen molar-refractivity contribution < 1.29 is 4.79 Å². The molecule has 1 aliphatic rings. The van der Waals surface area contributed by atoms with Gasteiger partial charge in [-0.3, -0.25) is 4.79 Å². The van der Waals surface area contributed by atoms with Crippen molar-refractivity contribution >= 4 is 32.8 Å². The first kappa shape index (κ1) is 13.1. The quantitative estimate of drug-likeness (QED) is 0.852. The normalized spacial score (nSPS) is 16.8. The fourth-order valence-corrected chi connectivity index (χ4v) is 3.26. The van der Waals surface area contributed by atoms with E-state index in [-0.39, 0.29) is 5.12 Å². The summed E-state index contributed by atoms with van der Waals surface area (Å²) in [5.41, 5.74) is 1.37. The van der Waals surface area contributed by atoms with Crippen molar-refractivity contribution in [3.8, 4) is 0 Å². The predicted octanol–water partition coefficient (Wildman–Crippen LogP) is 2.96. The van der Waals surface area contributed by atoms with Gasteiger partial charge in [0.15, 0.2) is 5.12 Å². The Bertz CT molecular complexity index is 387. The molecule has 0 aliphatic carbocycles. The third-order valence-corrected chi connectivity index (χ3v) is 4.38. The van der Waals surface area contributed by atoms with E-state index < -0.39 is 0 Å². The molecular weight excluding hydrogens is 298 g/mol. The van der Waals surface area contributed by atoms with Crippen LogP contribution >= 0.6 is 27.7 Å². The molecule has 1 fully saturated rings. The molecule has 0 bridgehead atoms. The van der Waals surface area contributed by atoms with Gasteiger partial charge in [-0.15, -0.1) is 0 Å². The molecule has 17 heavy (non-hydrogen) atoms. The van der Waals surface area contributed by atoms with Crippen LogP contribution in [0.5, 0.6) is 0 Å². The molecule has 1 aromatic carbocycles. The monoisotopic (exact) mass is 313 g/mol. The first-order valence-corrected chi connectivity index (χ1v) is 7.45. The molecule has 4 heteroatoms. The number of carbonyl (C=O) groups is 1. The van der Waals surface area contributed by atoms with Crippen molar-refractivity contribution in [2.24, 2.45) is 0 Å². The van der Waals surface area contributed by atoms with E-state index in [2.05, 4.69) is 45.1 Å². The van der Waals surface area contributed by atoms with Crippen molar-refractivity contribution in [2.75, 3.05) is 19.6 Å². The molecule has 1 aromatic rings. The molecule has 0 N–H and O–H groups in total. The highest BCUT2D eigenvalue weighted by atomic mass is 79.9. The molecule has 0 unspecified atom stereocenters. The van der Waals surface area contributed by atoms with Gasteiger partial charge in [-0.1, -0.05) is 39.8 Å². The summed E-state index contributed by atoms with van der Waals surface area (Å²) in [6.45, 7) is 4.85. The number of rotatable bonds is 4. The molecule has 0 radical (unpaired) electrons. The standard InChI is InChI=1S/C13H16BrNOS/c1-10(16)17-13-8-15(9-13)7-6-11-2-4-12(14)5-3-11/h2-5,13H,6-9H2,1H3. The minimum absolute atomic E-state index is 0.238. The van der Waals surface area contributed by atoms with Gasteiger partial charge in [0.05, 0.1) is 0 Å². The number of carbonyl (C=O) groups excluding carboxylic acids is 1. The number of hydrogen-bond donors (Lipinski definition) is 0. The van der Waals surface area contributed by atoms with Crippen LogP contribution in [-0.4, -0.2) is 34.9 Å². The molecule has 2 nitrogen and oxygen atoms in total. The summed E-state index contributed by atoms with van der Waals surface area (Å²) in [4.78, 5) is 13.3. The van der Waals surface area contributed by atoms with Crippen LogP contribution in [0.1, 0.15) is 12.5 Å². The molecule has 92 valence electrons. The third kappa shape index (κ3) is 4.12. The number of halogens is 1. The van der Waals surface area contributed by atoms with Crippen LogP contribution in [0.25, 0.3) is 0 Å². The van der Waals surface area contributed by atoms with E-state index in [1.165, 1.54) is 17.3 Å². The van der Waals surface area contributed by atoms with E-state index in [0.717, 1.165) is 30.5 Å².